The molecular formula is C22H21NO8S. The summed E-state index contributed by atoms with van der Waals surface area (Å²) in [6.07, 6.45) is 0. The second-order valence-electron chi connectivity index (χ2n) is 6.20. The van der Waals surface area contributed by atoms with Crippen LogP contribution in [0.1, 0.15) is 34.6 Å². The Morgan fingerprint density at radius 2 is 1.62 bits per heavy atom. The van der Waals surface area contributed by atoms with Crippen molar-refractivity contribution in [3.05, 3.63) is 59.7 Å². The molecule has 2 aromatic rings. The first-order valence-electron chi connectivity index (χ1n) is 9.48. The van der Waals surface area contributed by atoms with Crippen molar-refractivity contribution in [2.45, 2.75) is 19.9 Å². The predicted molar refractivity (Wildman–Crippen MR) is 116 cm³/mol. The molecule has 1 N–H and O–H groups in total. The summed E-state index contributed by atoms with van der Waals surface area (Å²) in [5, 5.41) is 1.96. The highest BCUT2D eigenvalue weighted by molar-refractivity contribution is 8.14. The highest BCUT2D eigenvalue weighted by atomic mass is 32.2. The van der Waals surface area contributed by atoms with Gasteiger partial charge in [0, 0.05) is 12.7 Å². The molecule has 2 aromatic carbocycles. The van der Waals surface area contributed by atoms with Crippen LogP contribution in [0.3, 0.4) is 0 Å². The topological polar surface area (TPSA) is 125 Å². The molecule has 2 rings (SSSR count). The third-order valence-corrected chi connectivity index (χ3v) is 4.90. The number of hydrogen-bond acceptors (Lipinski definition) is 9. The molecule has 168 valence electrons. The minimum atomic E-state index is -1.01. The van der Waals surface area contributed by atoms with E-state index in [0.29, 0.717) is 0 Å². The van der Waals surface area contributed by atoms with Gasteiger partial charge in [0.2, 0.25) is 11.0 Å². The van der Waals surface area contributed by atoms with Crippen LogP contribution in [-0.2, 0) is 19.1 Å². The van der Waals surface area contributed by atoms with Gasteiger partial charge in [0.15, 0.2) is 0 Å². The molecule has 0 fully saturated rings. The maximum atomic E-state index is 12.8. The highest BCUT2D eigenvalue weighted by Crippen LogP contribution is 2.26. The minimum Gasteiger partial charge on any atom is -0.464 e. The summed E-state index contributed by atoms with van der Waals surface area (Å²) < 4.78 is 15.1. The van der Waals surface area contributed by atoms with Gasteiger partial charge >= 0.3 is 11.9 Å². The lowest BCUT2D eigenvalue weighted by atomic mass is 10.2. The molecule has 0 aliphatic heterocycles. The first kappa shape index (κ1) is 24.6. The van der Waals surface area contributed by atoms with Gasteiger partial charge < -0.3 is 19.5 Å². The Morgan fingerprint density at radius 3 is 2.25 bits per heavy atom. The summed E-state index contributed by atoms with van der Waals surface area (Å²) in [5.41, 5.74) is 0.0904. The smallest absolute Gasteiger partial charge is 0.347 e. The van der Waals surface area contributed by atoms with Gasteiger partial charge in [0.25, 0.3) is 6.47 Å². The standard InChI is InChI=1S/C22H21NO8S/c1-3-29-21(27)17(23-14(2)25)12-32-22(28)16-9-5-7-11-19(16)31-20(26)15-8-4-6-10-18(15)30-13-24/h4-11,13,17H,3,12H2,1-2H3,(H,23,25). The molecule has 0 radical (unpaired) electrons. The van der Waals surface area contributed by atoms with E-state index in [4.69, 9.17) is 14.2 Å². The van der Waals surface area contributed by atoms with Crippen molar-refractivity contribution in [3.63, 3.8) is 0 Å². The fourth-order valence-electron chi connectivity index (χ4n) is 2.56. The zero-order valence-corrected chi connectivity index (χ0v) is 18.2. The maximum absolute atomic E-state index is 12.8. The first-order valence-corrected chi connectivity index (χ1v) is 10.5. The molecule has 0 aliphatic carbocycles. The van der Waals surface area contributed by atoms with Gasteiger partial charge in [-0.2, -0.15) is 0 Å². The molecule has 0 bridgehead atoms. The summed E-state index contributed by atoms with van der Waals surface area (Å²) in [6.45, 7) is 3.19. The van der Waals surface area contributed by atoms with E-state index in [1.165, 1.54) is 31.2 Å². The van der Waals surface area contributed by atoms with Crippen LogP contribution in [0, 0.1) is 0 Å². The van der Waals surface area contributed by atoms with E-state index in [2.05, 4.69) is 5.32 Å². The molecular weight excluding hydrogens is 438 g/mol. The number of para-hydroxylation sites is 2. The third-order valence-electron chi connectivity index (χ3n) is 3.92. The summed E-state index contributed by atoms with van der Waals surface area (Å²) in [5.74, 6) is -2.00. The molecule has 9 nitrogen and oxygen atoms in total. The number of esters is 2. The monoisotopic (exact) mass is 459 g/mol. The van der Waals surface area contributed by atoms with Gasteiger partial charge in [-0.05, 0) is 31.2 Å². The van der Waals surface area contributed by atoms with Crippen LogP contribution in [0.4, 0.5) is 0 Å². The van der Waals surface area contributed by atoms with Crippen molar-refractivity contribution in [2.75, 3.05) is 12.4 Å². The average Bonchev–Trinajstić information content (AvgIpc) is 2.77. The van der Waals surface area contributed by atoms with Crippen LogP contribution in [0.2, 0.25) is 0 Å². The molecule has 0 spiro atoms. The van der Waals surface area contributed by atoms with Gasteiger partial charge in [-0.15, -0.1) is 0 Å². The number of rotatable bonds is 10. The number of thioether (sulfide) groups is 1. The second-order valence-corrected chi connectivity index (χ2v) is 7.19. The van der Waals surface area contributed by atoms with Crippen LogP contribution in [0.5, 0.6) is 11.5 Å². The van der Waals surface area contributed by atoms with Crippen LogP contribution in [0.25, 0.3) is 0 Å². The van der Waals surface area contributed by atoms with E-state index in [9.17, 15) is 24.0 Å². The molecule has 0 aliphatic rings. The fraction of sp³-hybridized carbons (Fsp3) is 0.227. The van der Waals surface area contributed by atoms with Crippen LogP contribution in [-0.4, -0.2) is 47.8 Å². The minimum absolute atomic E-state index is 0.00235. The molecule has 0 saturated carbocycles. The van der Waals surface area contributed by atoms with E-state index in [-0.39, 0.29) is 41.5 Å². The van der Waals surface area contributed by atoms with E-state index in [1.54, 1.807) is 31.2 Å². The number of nitrogens with one attached hydrogen (secondary N) is 1. The molecule has 0 aromatic heterocycles. The summed E-state index contributed by atoms with van der Waals surface area (Å²) in [4.78, 5) is 59.4. The maximum Gasteiger partial charge on any atom is 0.347 e. The van der Waals surface area contributed by atoms with E-state index < -0.39 is 29.0 Å². The van der Waals surface area contributed by atoms with Crippen molar-refractivity contribution < 1.29 is 38.2 Å². The quantitative estimate of drug-likeness (QED) is 0.324. The number of amides is 1. The molecule has 32 heavy (non-hydrogen) atoms. The van der Waals surface area contributed by atoms with Gasteiger partial charge in [0.05, 0.1) is 12.2 Å². The SMILES string of the molecule is CCOC(=O)C(CSC(=O)c1ccccc1OC(=O)c1ccccc1OC=O)NC(C)=O. The number of carbonyl (C=O) groups is 5. The molecule has 1 atom stereocenters. The predicted octanol–water partition coefficient (Wildman–Crippen LogP) is 2.38. The molecule has 1 amide bonds. The Kier molecular flexibility index (Phi) is 9.43. The van der Waals surface area contributed by atoms with Crippen LogP contribution < -0.4 is 14.8 Å². The molecule has 0 saturated heterocycles. The first-order chi connectivity index (χ1) is 15.4. The van der Waals surface area contributed by atoms with Crippen molar-refractivity contribution in [1.29, 1.82) is 0 Å². The van der Waals surface area contributed by atoms with Crippen molar-refractivity contribution in [2.24, 2.45) is 0 Å². The number of hydrogen-bond donors (Lipinski definition) is 1. The lowest BCUT2D eigenvalue weighted by Crippen LogP contribution is -2.42. The average molecular weight is 459 g/mol. The Morgan fingerprint density at radius 1 is 1.00 bits per heavy atom. The van der Waals surface area contributed by atoms with E-state index in [0.717, 1.165) is 11.8 Å². The summed E-state index contributed by atoms with van der Waals surface area (Å²) in [7, 11) is 0. The number of ether oxygens (including phenoxy) is 3. The van der Waals surface area contributed by atoms with E-state index in [1.807, 2.05) is 0 Å². The van der Waals surface area contributed by atoms with Gasteiger partial charge in [-0.25, -0.2) is 9.59 Å². The van der Waals surface area contributed by atoms with Gasteiger partial charge in [-0.3, -0.25) is 14.4 Å². The van der Waals surface area contributed by atoms with E-state index >= 15 is 0 Å². The largest absolute Gasteiger partial charge is 0.464 e. The normalized spacial score (nSPS) is 11.1. The Bertz CT molecular complexity index is 1010. The Balaban J connectivity index is 2.16. The van der Waals surface area contributed by atoms with Crippen molar-refractivity contribution in [3.8, 4) is 11.5 Å². The zero-order chi connectivity index (χ0) is 23.5. The van der Waals surface area contributed by atoms with Crippen LogP contribution >= 0.6 is 11.8 Å². The third kappa shape index (κ3) is 6.95. The van der Waals surface area contributed by atoms with Crippen molar-refractivity contribution in [1.82, 2.24) is 5.32 Å². The molecule has 10 heteroatoms. The van der Waals surface area contributed by atoms with Crippen molar-refractivity contribution >= 4 is 41.2 Å². The summed E-state index contributed by atoms with van der Waals surface area (Å²) in [6, 6.07) is 11.0. The lowest BCUT2D eigenvalue weighted by Gasteiger charge is -2.16. The Labute approximate surface area is 188 Å². The second kappa shape index (κ2) is 12.3. The zero-order valence-electron chi connectivity index (χ0n) is 17.4. The Hall–Kier alpha value is -3.66. The fourth-order valence-corrected chi connectivity index (χ4v) is 3.42. The van der Waals surface area contributed by atoms with Crippen LogP contribution in [0.15, 0.2) is 48.5 Å². The number of carbonyl (C=O) groups excluding carboxylic acids is 5. The van der Waals surface area contributed by atoms with Gasteiger partial charge in [-0.1, -0.05) is 36.0 Å². The highest BCUT2D eigenvalue weighted by Gasteiger charge is 2.24. The van der Waals surface area contributed by atoms with Gasteiger partial charge in [0.1, 0.15) is 23.1 Å². The number of benzene rings is 2. The molecule has 0 heterocycles. The summed E-state index contributed by atoms with van der Waals surface area (Å²) >= 11 is 0.765. The lowest BCUT2D eigenvalue weighted by molar-refractivity contribution is -0.146. The molecule has 1 unspecified atom stereocenters.